The van der Waals surface area contributed by atoms with Crippen molar-refractivity contribution in [1.29, 1.82) is 0 Å². The van der Waals surface area contributed by atoms with Crippen molar-refractivity contribution in [2.24, 2.45) is 5.92 Å². The van der Waals surface area contributed by atoms with Crippen molar-refractivity contribution in [3.63, 3.8) is 0 Å². The standard InChI is InChI=1S/C21H27N3O3S/c1-5-10-22-21-24-18(13-28-21)20(26)27-12-19(25)23-15(4)17-8-6-16(7-9-17)11-14(2)3/h5-9,13-15H,1,10-12H2,2-4H3,(H,22,24)(H,23,25)/t15-/m0/s1. The van der Waals surface area contributed by atoms with E-state index in [1.165, 1.54) is 16.9 Å². The molecule has 0 aliphatic rings. The first-order valence-electron chi connectivity index (χ1n) is 9.24. The zero-order valence-electron chi connectivity index (χ0n) is 16.5. The maximum absolute atomic E-state index is 12.1. The molecule has 1 aromatic carbocycles. The van der Waals surface area contributed by atoms with Gasteiger partial charge in [0.05, 0.1) is 6.04 Å². The highest BCUT2D eigenvalue weighted by Crippen LogP contribution is 2.17. The molecule has 1 atom stereocenters. The molecule has 1 heterocycles. The maximum Gasteiger partial charge on any atom is 0.358 e. The fraction of sp³-hybridized carbons (Fsp3) is 0.381. The van der Waals surface area contributed by atoms with Crippen LogP contribution in [0.1, 0.15) is 48.4 Å². The van der Waals surface area contributed by atoms with Gasteiger partial charge in [-0.1, -0.05) is 44.2 Å². The molecule has 1 aromatic heterocycles. The summed E-state index contributed by atoms with van der Waals surface area (Å²) in [4.78, 5) is 28.2. The molecular formula is C21H27N3O3S. The van der Waals surface area contributed by atoms with E-state index in [2.05, 4.69) is 48.2 Å². The average Bonchev–Trinajstić information content (AvgIpc) is 3.13. The molecule has 0 spiro atoms. The average molecular weight is 402 g/mol. The quantitative estimate of drug-likeness (QED) is 0.465. The minimum atomic E-state index is -0.622. The van der Waals surface area contributed by atoms with Crippen LogP contribution in [-0.2, 0) is 16.0 Å². The highest BCUT2D eigenvalue weighted by Gasteiger charge is 2.15. The molecule has 1 amide bonds. The van der Waals surface area contributed by atoms with Crippen molar-refractivity contribution in [3.05, 3.63) is 59.1 Å². The Hall–Kier alpha value is -2.67. The Kier molecular flexibility index (Phi) is 8.19. The molecule has 28 heavy (non-hydrogen) atoms. The zero-order chi connectivity index (χ0) is 20.5. The molecule has 0 saturated heterocycles. The number of hydrogen-bond donors (Lipinski definition) is 2. The van der Waals surface area contributed by atoms with Crippen LogP contribution < -0.4 is 10.6 Å². The molecular weight excluding hydrogens is 374 g/mol. The smallest absolute Gasteiger partial charge is 0.358 e. The van der Waals surface area contributed by atoms with E-state index in [9.17, 15) is 9.59 Å². The maximum atomic E-state index is 12.1. The number of carbonyl (C=O) groups excluding carboxylic acids is 2. The lowest BCUT2D eigenvalue weighted by Crippen LogP contribution is -2.31. The molecule has 0 bridgehead atoms. The first kappa shape index (κ1) is 21.6. The summed E-state index contributed by atoms with van der Waals surface area (Å²) in [5, 5.41) is 8.03. The highest BCUT2D eigenvalue weighted by atomic mass is 32.1. The number of ether oxygens (including phenoxy) is 1. The third kappa shape index (κ3) is 6.81. The van der Waals surface area contributed by atoms with E-state index >= 15 is 0 Å². The third-order valence-electron chi connectivity index (χ3n) is 3.95. The van der Waals surface area contributed by atoms with Gasteiger partial charge in [-0.25, -0.2) is 9.78 Å². The molecule has 0 unspecified atom stereocenters. The highest BCUT2D eigenvalue weighted by molar-refractivity contribution is 7.13. The number of amides is 1. The van der Waals surface area contributed by atoms with Crippen molar-refractivity contribution in [2.45, 2.75) is 33.2 Å². The molecule has 2 aromatic rings. The number of benzene rings is 1. The number of anilines is 1. The van der Waals surface area contributed by atoms with Gasteiger partial charge in [0.1, 0.15) is 0 Å². The first-order chi connectivity index (χ1) is 13.4. The molecule has 6 nitrogen and oxygen atoms in total. The van der Waals surface area contributed by atoms with Crippen molar-refractivity contribution in [2.75, 3.05) is 18.5 Å². The second kappa shape index (κ2) is 10.6. The predicted octanol–water partition coefficient (Wildman–Crippen LogP) is 3.97. The molecule has 150 valence electrons. The van der Waals surface area contributed by atoms with Gasteiger partial charge in [-0.05, 0) is 30.4 Å². The van der Waals surface area contributed by atoms with E-state index in [0.717, 1.165) is 12.0 Å². The number of hydrogen-bond acceptors (Lipinski definition) is 6. The molecule has 0 fully saturated rings. The first-order valence-corrected chi connectivity index (χ1v) is 10.1. The van der Waals surface area contributed by atoms with Crippen molar-refractivity contribution in [1.82, 2.24) is 10.3 Å². The number of rotatable bonds is 10. The number of nitrogens with one attached hydrogen (secondary N) is 2. The van der Waals surface area contributed by atoms with Gasteiger partial charge < -0.3 is 15.4 Å². The summed E-state index contributed by atoms with van der Waals surface area (Å²) in [6, 6.07) is 8.02. The van der Waals surface area contributed by atoms with Crippen LogP contribution in [0.3, 0.4) is 0 Å². The molecule has 2 rings (SSSR count). The zero-order valence-corrected chi connectivity index (χ0v) is 17.3. The van der Waals surface area contributed by atoms with Crippen LogP contribution in [0.15, 0.2) is 42.3 Å². The normalized spacial score (nSPS) is 11.7. The number of esters is 1. The fourth-order valence-corrected chi connectivity index (χ4v) is 3.28. The Morgan fingerprint density at radius 1 is 1.25 bits per heavy atom. The minimum absolute atomic E-state index is 0.173. The van der Waals surface area contributed by atoms with Gasteiger partial charge in [-0.2, -0.15) is 0 Å². The molecule has 0 aliphatic carbocycles. The fourth-order valence-electron chi connectivity index (χ4n) is 2.59. The van der Waals surface area contributed by atoms with Crippen LogP contribution in [0, 0.1) is 5.92 Å². The van der Waals surface area contributed by atoms with E-state index in [1.807, 2.05) is 19.1 Å². The summed E-state index contributed by atoms with van der Waals surface area (Å²) < 4.78 is 5.05. The largest absolute Gasteiger partial charge is 0.451 e. The minimum Gasteiger partial charge on any atom is -0.451 e. The Bertz CT molecular complexity index is 799. The lowest BCUT2D eigenvalue weighted by molar-refractivity contribution is -0.124. The van der Waals surface area contributed by atoms with Crippen LogP contribution >= 0.6 is 11.3 Å². The van der Waals surface area contributed by atoms with Crippen LogP contribution in [0.4, 0.5) is 5.13 Å². The summed E-state index contributed by atoms with van der Waals surface area (Å²) in [7, 11) is 0. The summed E-state index contributed by atoms with van der Waals surface area (Å²) in [6.45, 7) is 10.1. The van der Waals surface area contributed by atoms with Gasteiger partial charge in [-0.3, -0.25) is 4.79 Å². The van der Waals surface area contributed by atoms with Gasteiger partial charge in [0.2, 0.25) is 0 Å². The van der Waals surface area contributed by atoms with Gasteiger partial charge in [0.25, 0.3) is 5.91 Å². The van der Waals surface area contributed by atoms with Crippen LogP contribution in [-0.4, -0.2) is 30.0 Å². The van der Waals surface area contributed by atoms with E-state index in [4.69, 9.17) is 4.74 Å². The van der Waals surface area contributed by atoms with Crippen LogP contribution in [0.2, 0.25) is 0 Å². The lowest BCUT2D eigenvalue weighted by atomic mass is 10.00. The topological polar surface area (TPSA) is 80.3 Å². The Morgan fingerprint density at radius 2 is 1.96 bits per heavy atom. The van der Waals surface area contributed by atoms with Crippen LogP contribution in [0.5, 0.6) is 0 Å². The molecule has 2 N–H and O–H groups in total. The molecule has 0 saturated carbocycles. The monoisotopic (exact) mass is 401 g/mol. The summed E-state index contributed by atoms with van der Waals surface area (Å²) >= 11 is 1.29. The number of thiazole rings is 1. The summed E-state index contributed by atoms with van der Waals surface area (Å²) in [6.07, 6.45) is 2.72. The van der Waals surface area contributed by atoms with Gasteiger partial charge >= 0.3 is 5.97 Å². The van der Waals surface area contributed by atoms with E-state index in [0.29, 0.717) is 17.6 Å². The lowest BCUT2D eigenvalue weighted by Gasteiger charge is -2.15. The van der Waals surface area contributed by atoms with Gasteiger partial charge in [0, 0.05) is 11.9 Å². The van der Waals surface area contributed by atoms with Crippen molar-refractivity contribution >= 4 is 28.3 Å². The van der Waals surface area contributed by atoms with Crippen molar-refractivity contribution < 1.29 is 14.3 Å². The SMILES string of the molecule is C=CCNc1nc(C(=O)OCC(=O)N[C@@H](C)c2ccc(CC(C)C)cc2)cs1. The summed E-state index contributed by atoms with van der Waals surface area (Å²) in [5.74, 6) is -0.375. The van der Waals surface area contributed by atoms with Crippen LogP contribution in [0.25, 0.3) is 0 Å². The molecule has 0 aliphatic heterocycles. The molecule has 0 radical (unpaired) electrons. The predicted molar refractivity (Wildman–Crippen MR) is 113 cm³/mol. The second-order valence-electron chi connectivity index (χ2n) is 6.91. The van der Waals surface area contributed by atoms with E-state index in [1.54, 1.807) is 11.5 Å². The van der Waals surface area contributed by atoms with Gasteiger partial charge in [0.15, 0.2) is 17.4 Å². The Balaban J connectivity index is 1.80. The third-order valence-corrected chi connectivity index (χ3v) is 4.75. The Morgan fingerprint density at radius 3 is 2.61 bits per heavy atom. The number of aromatic nitrogens is 1. The van der Waals surface area contributed by atoms with E-state index in [-0.39, 0.29) is 24.2 Å². The number of carbonyl (C=O) groups is 2. The second-order valence-corrected chi connectivity index (χ2v) is 7.77. The van der Waals surface area contributed by atoms with E-state index < -0.39 is 5.97 Å². The number of nitrogens with zero attached hydrogens (tertiary/aromatic N) is 1. The van der Waals surface area contributed by atoms with Crippen molar-refractivity contribution in [3.8, 4) is 0 Å². The summed E-state index contributed by atoms with van der Waals surface area (Å²) in [5.41, 5.74) is 2.46. The van der Waals surface area contributed by atoms with Gasteiger partial charge in [-0.15, -0.1) is 17.9 Å². The Labute approximate surface area is 170 Å². The molecule has 7 heteroatoms.